The molecule has 0 radical (unpaired) electrons. The lowest BCUT2D eigenvalue weighted by Crippen LogP contribution is -2.48. The number of hydrogen-bond donors (Lipinski definition) is 3. The number of halogens is 2. The first kappa shape index (κ1) is 23.1. The molecule has 144 valence electrons. The number of carbonyl (C=O) groups excluding carboxylic acids is 2. The maximum atomic E-state index is 8.80. The van der Waals surface area contributed by atoms with E-state index in [0.717, 1.165) is 50.9 Å². The minimum Gasteiger partial charge on any atom is -0.427 e. The monoisotopic (exact) mass is 402 g/mol. The van der Waals surface area contributed by atoms with E-state index < -0.39 is 7.12 Å². The first-order chi connectivity index (χ1) is 12.3. The molecule has 4 N–H and O–H groups in total. The Hall–Kier alpha value is -0.915. The lowest BCUT2D eigenvalue weighted by Gasteiger charge is -2.40. The molecule has 1 aromatic rings. The van der Waals surface area contributed by atoms with Gasteiger partial charge in [0, 0.05) is 35.7 Å². The highest BCUT2D eigenvalue weighted by Crippen LogP contribution is 2.26. The SMILES string of the molecule is NC(CCCCB(O)O)CC1CN(Cc2cc(Cl)cc(Cl)c2)C1.O=C=O. The van der Waals surface area contributed by atoms with Crippen LogP contribution in [-0.4, -0.2) is 47.3 Å². The van der Waals surface area contributed by atoms with Crippen molar-refractivity contribution in [1.82, 2.24) is 4.90 Å². The largest absolute Gasteiger partial charge is 0.451 e. The average molecular weight is 403 g/mol. The Bertz CT molecular complexity index is 560. The molecule has 1 aliphatic rings. The predicted octanol–water partition coefficient (Wildman–Crippen LogP) is 2.20. The molecule has 0 saturated carbocycles. The Kier molecular flexibility index (Phi) is 11.1. The topological polar surface area (TPSA) is 104 Å². The molecule has 1 saturated heterocycles. The number of hydrogen-bond acceptors (Lipinski definition) is 6. The molecule has 1 unspecified atom stereocenters. The highest BCUT2D eigenvalue weighted by atomic mass is 35.5. The zero-order valence-electron chi connectivity index (χ0n) is 14.6. The van der Waals surface area contributed by atoms with Gasteiger partial charge in [0.1, 0.15) is 0 Å². The van der Waals surface area contributed by atoms with Crippen molar-refractivity contribution in [3.63, 3.8) is 0 Å². The van der Waals surface area contributed by atoms with Crippen LogP contribution in [0.3, 0.4) is 0 Å². The lowest BCUT2D eigenvalue weighted by molar-refractivity contribution is -0.191. The van der Waals surface area contributed by atoms with Gasteiger partial charge in [-0.05, 0) is 48.8 Å². The Morgan fingerprint density at radius 3 is 2.31 bits per heavy atom. The summed E-state index contributed by atoms with van der Waals surface area (Å²) in [7, 11) is -1.19. The first-order valence-electron chi connectivity index (χ1n) is 8.62. The fourth-order valence-electron chi connectivity index (χ4n) is 3.19. The molecule has 0 aliphatic carbocycles. The Labute approximate surface area is 164 Å². The fraction of sp³-hybridized carbons (Fsp3) is 0.588. The van der Waals surface area contributed by atoms with Crippen LogP contribution in [0, 0.1) is 5.92 Å². The summed E-state index contributed by atoms with van der Waals surface area (Å²) < 4.78 is 0. The molecule has 1 aliphatic heterocycles. The van der Waals surface area contributed by atoms with Crippen molar-refractivity contribution in [3.8, 4) is 0 Å². The Morgan fingerprint density at radius 2 is 1.77 bits per heavy atom. The van der Waals surface area contributed by atoms with Crippen LogP contribution in [0.1, 0.15) is 31.2 Å². The van der Waals surface area contributed by atoms with Crippen molar-refractivity contribution in [2.45, 2.75) is 44.6 Å². The molecule has 1 aromatic carbocycles. The number of benzene rings is 1. The van der Waals surface area contributed by atoms with Gasteiger partial charge in [-0.3, -0.25) is 4.90 Å². The van der Waals surface area contributed by atoms with Gasteiger partial charge in [0.15, 0.2) is 0 Å². The molecule has 1 atom stereocenters. The molecule has 1 heterocycles. The van der Waals surface area contributed by atoms with Crippen LogP contribution in [0.15, 0.2) is 18.2 Å². The van der Waals surface area contributed by atoms with Gasteiger partial charge in [-0.1, -0.05) is 36.0 Å². The van der Waals surface area contributed by atoms with E-state index in [1.807, 2.05) is 12.1 Å². The summed E-state index contributed by atoms with van der Waals surface area (Å²) in [6, 6.07) is 5.88. The zero-order valence-corrected chi connectivity index (χ0v) is 16.1. The van der Waals surface area contributed by atoms with Crippen LogP contribution >= 0.6 is 23.2 Å². The standard InChI is InChI=1S/C16H25BCl2N2O2.CO2/c18-14-5-12(6-15(19)8-14)9-21-10-13(11-21)7-16(20)3-1-2-4-17(22)23;2-1-3/h5-6,8,13,16,22-23H,1-4,7,9-11,20H2;. The third-order valence-electron chi connectivity index (χ3n) is 4.28. The van der Waals surface area contributed by atoms with E-state index >= 15 is 0 Å². The van der Waals surface area contributed by atoms with Gasteiger partial charge >= 0.3 is 13.3 Å². The predicted molar refractivity (Wildman–Crippen MR) is 102 cm³/mol. The van der Waals surface area contributed by atoms with Gasteiger partial charge in [-0.2, -0.15) is 9.59 Å². The minimum absolute atomic E-state index is 0.207. The van der Waals surface area contributed by atoms with Crippen LogP contribution < -0.4 is 5.73 Å². The molecular formula is C17H25BCl2N2O4. The van der Waals surface area contributed by atoms with Gasteiger partial charge in [-0.15, -0.1) is 0 Å². The second-order valence-corrected chi connectivity index (χ2v) is 7.55. The summed E-state index contributed by atoms with van der Waals surface area (Å²) in [5, 5.41) is 19.0. The van der Waals surface area contributed by atoms with Gasteiger partial charge in [0.05, 0.1) is 0 Å². The molecular weight excluding hydrogens is 378 g/mol. The summed E-state index contributed by atoms with van der Waals surface area (Å²) in [6.45, 7) is 3.00. The van der Waals surface area contributed by atoms with Gasteiger partial charge in [0.25, 0.3) is 0 Å². The van der Waals surface area contributed by atoms with E-state index in [1.165, 1.54) is 0 Å². The van der Waals surface area contributed by atoms with Gasteiger partial charge < -0.3 is 15.8 Å². The molecule has 26 heavy (non-hydrogen) atoms. The van der Waals surface area contributed by atoms with Crippen LogP contribution in [-0.2, 0) is 16.1 Å². The molecule has 0 spiro atoms. The van der Waals surface area contributed by atoms with Crippen molar-refractivity contribution in [2.75, 3.05) is 13.1 Å². The van der Waals surface area contributed by atoms with Crippen molar-refractivity contribution >= 4 is 36.5 Å². The molecule has 6 nitrogen and oxygen atoms in total. The van der Waals surface area contributed by atoms with E-state index in [-0.39, 0.29) is 12.2 Å². The molecule has 0 amide bonds. The van der Waals surface area contributed by atoms with Crippen LogP contribution in [0.4, 0.5) is 0 Å². The minimum atomic E-state index is -1.19. The van der Waals surface area contributed by atoms with E-state index in [1.54, 1.807) is 6.07 Å². The van der Waals surface area contributed by atoms with E-state index in [4.69, 9.17) is 48.6 Å². The number of likely N-dealkylation sites (tertiary alicyclic amines) is 1. The molecule has 0 aromatic heterocycles. The van der Waals surface area contributed by atoms with Crippen LogP contribution in [0.5, 0.6) is 0 Å². The molecule has 1 fully saturated rings. The van der Waals surface area contributed by atoms with Gasteiger partial charge in [-0.25, -0.2) is 0 Å². The molecule has 2 rings (SSSR count). The Morgan fingerprint density at radius 1 is 1.19 bits per heavy atom. The third kappa shape index (κ3) is 9.69. The third-order valence-corrected chi connectivity index (χ3v) is 4.72. The second-order valence-electron chi connectivity index (χ2n) is 6.68. The smallest absolute Gasteiger partial charge is 0.427 e. The number of nitrogens with two attached hydrogens (primary N) is 1. The van der Waals surface area contributed by atoms with Crippen molar-refractivity contribution < 1.29 is 19.6 Å². The van der Waals surface area contributed by atoms with Crippen molar-refractivity contribution in [3.05, 3.63) is 33.8 Å². The summed E-state index contributed by atoms with van der Waals surface area (Å²) in [4.78, 5) is 18.6. The van der Waals surface area contributed by atoms with Gasteiger partial charge in [0.2, 0.25) is 0 Å². The van der Waals surface area contributed by atoms with Crippen LogP contribution in [0.25, 0.3) is 0 Å². The normalized spacial score (nSPS) is 15.4. The van der Waals surface area contributed by atoms with Crippen molar-refractivity contribution in [1.29, 1.82) is 0 Å². The molecule has 9 heteroatoms. The number of rotatable bonds is 9. The zero-order chi connectivity index (χ0) is 19.5. The first-order valence-corrected chi connectivity index (χ1v) is 9.38. The van der Waals surface area contributed by atoms with E-state index in [0.29, 0.717) is 22.3 Å². The maximum absolute atomic E-state index is 8.80. The van der Waals surface area contributed by atoms with E-state index in [2.05, 4.69) is 4.90 Å². The Balaban J connectivity index is 0.00000105. The summed E-state index contributed by atoms with van der Waals surface area (Å²) in [5.74, 6) is 0.656. The van der Waals surface area contributed by atoms with E-state index in [9.17, 15) is 0 Å². The summed E-state index contributed by atoms with van der Waals surface area (Å²) >= 11 is 12.0. The average Bonchev–Trinajstić information content (AvgIpc) is 2.49. The maximum Gasteiger partial charge on any atom is 0.451 e. The fourth-order valence-corrected chi connectivity index (χ4v) is 3.77. The van der Waals surface area contributed by atoms with Crippen LogP contribution in [0.2, 0.25) is 16.4 Å². The lowest BCUT2D eigenvalue weighted by atomic mass is 9.82. The highest BCUT2D eigenvalue weighted by molar-refractivity contribution is 6.40. The second kappa shape index (κ2) is 12.5. The number of nitrogens with zero attached hydrogens (tertiary/aromatic N) is 1. The summed E-state index contributed by atoms with van der Waals surface area (Å²) in [6.07, 6.45) is 4.45. The van der Waals surface area contributed by atoms with Crippen molar-refractivity contribution in [2.24, 2.45) is 11.7 Å². The molecule has 0 bridgehead atoms. The summed E-state index contributed by atoms with van der Waals surface area (Å²) in [5.41, 5.74) is 7.31. The quantitative estimate of drug-likeness (QED) is 0.432. The highest BCUT2D eigenvalue weighted by Gasteiger charge is 2.28. The number of unbranched alkanes of at least 4 members (excludes halogenated alkanes) is 1.